The van der Waals surface area contributed by atoms with Crippen molar-refractivity contribution in [3.8, 4) is 6.07 Å². The number of aryl methyl sites for hydroxylation is 1. The van der Waals surface area contributed by atoms with Gasteiger partial charge in [-0.05, 0) is 54.1 Å². The molecular formula is C28H23ClF3N3O3S2. The minimum Gasteiger partial charge on any atom is -0.363 e. The lowest BCUT2D eigenvalue weighted by Crippen LogP contribution is -2.66. The van der Waals surface area contributed by atoms with Gasteiger partial charge < -0.3 is 15.7 Å². The molecule has 2 heterocycles. The van der Waals surface area contributed by atoms with Gasteiger partial charge in [0, 0.05) is 16.6 Å². The number of carbonyl (C=O) groups excluding carboxylic acids is 2. The molecule has 208 valence electrons. The highest BCUT2D eigenvalue weighted by Gasteiger charge is 2.66. The van der Waals surface area contributed by atoms with E-state index in [1.165, 1.54) is 35.7 Å². The largest absolute Gasteiger partial charge is 0.437 e. The van der Waals surface area contributed by atoms with Crippen molar-refractivity contribution in [3.05, 3.63) is 97.2 Å². The maximum absolute atomic E-state index is 14.7. The third-order valence-electron chi connectivity index (χ3n) is 6.71. The Bertz CT molecular complexity index is 1520. The highest BCUT2D eigenvalue weighted by molar-refractivity contribution is 8.03. The molecule has 0 spiro atoms. The van der Waals surface area contributed by atoms with E-state index < -0.39 is 35.4 Å². The summed E-state index contributed by atoms with van der Waals surface area (Å²) in [4.78, 5) is 26.3. The monoisotopic (exact) mass is 605 g/mol. The number of anilines is 1. The molecule has 4 rings (SSSR count). The van der Waals surface area contributed by atoms with Gasteiger partial charge in [0.2, 0.25) is 11.6 Å². The van der Waals surface area contributed by atoms with Crippen LogP contribution in [0.15, 0.2) is 70.6 Å². The summed E-state index contributed by atoms with van der Waals surface area (Å²) in [6.07, 6.45) is -5.35. The zero-order valence-corrected chi connectivity index (χ0v) is 23.6. The molecule has 1 amide bonds. The Morgan fingerprint density at radius 3 is 2.52 bits per heavy atom. The van der Waals surface area contributed by atoms with Crippen molar-refractivity contribution in [3.63, 3.8) is 0 Å². The highest BCUT2D eigenvalue weighted by Crippen LogP contribution is 2.52. The number of alkyl halides is 3. The minimum absolute atomic E-state index is 0.0205. The van der Waals surface area contributed by atoms with Crippen molar-refractivity contribution in [2.45, 2.75) is 31.7 Å². The second kappa shape index (κ2) is 11.7. The van der Waals surface area contributed by atoms with Gasteiger partial charge in [-0.3, -0.25) is 9.59 Å². The number of allylic oxidation sites excluding steroid dienone is 1. The highest BCUT2D eigenvalue weighted by atomic mass is 35.5. The molecule has 0 aliphatic carbocycles. The topological polar surface area (TPSA) is 102 Å². The first kappa shape index (κ1) is 29.7. The Hall–Kier alpha value is -3.30. The molecule has 3 atom stereocenters. The van der Waals surface area contributed by atoms with Crippen LogP contribution in [0.25, 0.3) is 0 Å². The van der Waals surface area contributed by atoms with E-state index in [1.807, 2.05) is 31.3 Å². The van der Waals surface area contributed by atoms with Crippen molar-refractivity contribution in [2.75, 3.05) is 11.1 Å². The lowest BCUT2D eigenvalue weighted by molar-refractivity contribution is -0.285. The SMILES string of the molecule is Cc1cccc(NC(=O)CSC2=C(C#N)[C@H](c3ccccc3Cl)[C@@H](C(=O)c3cccs3)[C@](O)(C(F)(F)F)N2)c1C. The Balaban J connectivity index is 1.80. The zero-order valence-electron chi connectivity index (χ0n) is 21.2. The molecule has 12 heteroatoms. The lowest BCUT2D eigenvalue weighted by atomic mass is 9.70. The molecule has 1 aliphatic rings. The molecule has 0 radical (unpaired) electrons. The van der Waals surface area contributed by atoms with Crippen LogP contribution in [-0.4, -0.2) is 34.5 Å². The number of carbonyl (C=O) groups is 2. The van der Waals surface area contributed by atoms with E-state index in [0.29, 0.717) is 17.4 Å². The molecule has 0 saturated heterocycles. The van der Waals surface area contributed by atoms with E-state index in [2.05, 4.69) is 5.32 Å². The van der Waals surface area contributed by atoms with Gasteiger partial charge in [-0.2, -0.15) is 18.4 Å². The van der Waals surface area contributed by atoms with E-state index in [-0.39, 0.29) is 31.8 Å². The van der Waals surface area contributed by atoms with Crippen LogP contribution in [0.5, 0.6) is 0 Å². The predicted octanol–water partition coefficient (Wildman–Crippen LogP) is 6.56. The molecule has 0 bridgehead atoms. The Kier molecular flexibility index (Phi) is 8.66. The summed E-state index contributed by atoms with van der Waals surface area (Å²) < 4.78 is 44.0. The number of hydrogen-bond donors (Lipinski definition) is 3. The van der Waals surface area contributed by atoms with Gasteiger partial charge in [-0.15, -0.1) is 11.3 Å². The molecule has 1 aliphatic heterocycles. The number of nitrogens with one attached hydrogen (secondary N) is 2. The smallest absolute Gasteiger partial charge is 0.363 e. The van der Waals surface area contributed by atoms with Gasteiger partial charge in [-0.25, -0.2) is 0 Å². The van der Waals surface area contributed by atoms with Crippen molar-refractivity contribution in [1.29, 1.82) is 5.26 Å². The van der Waals surface area contributed by atoms with E-state index >= 15 is 0 Å². The number of benzene rings is 2. The van der Waals surface area contributed by atoms with Crippen LogP contribution in [0, 0.1) is 31.1 Å². The molecule has 2 aromatic carbocycles. The molecule has 3 N–H and O–H groups in total. The first-order chi connectivity index (χ1) is 18.9. The van der Waals surface area contributed by atoms with Gasteiger partial charge >= 0.3 is 6.18 Å². The van der Waals surface area contributed by atoms with Gasteiger partial charge in [0.25, 0.3) is 0 Å². The number of nitrogens with zero attached hydrogens (tertiary/aromatic N) is 1. The number of Topliss-reactive ketones (excluding diaryl/α,β-unsaturated/α-hetero) is 1. The van der Waals surface area contributed by atoms with Crippen LogP contribution < -0.4 is 10.6 Å². The first-order valence-electron chi connectivity index (χ1n) is 11.9. The van der Waals surface area contributed by atoms with Crippen LogP contribution in [0.3, 0.4) is 0 Å². The van der Waals surface area contributed by atoms with Gasteiger partial charge in [0.15, 0.2) is 5.78 Å². The van der Waals surface area contributed by atoms with Crippen LogP contribution in [-0.2, 0) is 4.79 Å². The second-order valence-electron chi connectivity index (χ2n) is 9.15. The normalized spacial score (nSPS) is 20.9. The van der Waals surface area contributed by atoms with Crippen LogP contribution in [0.4, 0.5) is 18.9 Å². The quantitative estimate of drug-likeness (QED) is 0.264. The molecule has 0 unspecified atom stereocenters. The fourth-order valence-electron chi connectivity index (χ4n) is 4.53. The van der Waals surface area contributed by atoms with Gasteiger partial charge in [0.1, 0.15) is 0 Å². The van der Waals surface area contributed by atoms with E-state index in [4.69, 9.17) is 11.6 Å². The third kappa shape index (κ3) is 5.63. The summed E-state index contributed by atoms with van der Waals surface area (Å²) in [6, 6.07) is 16.0. The van der Waals surface area contributed by atoms with Crippen molar-refractivity contribution in [1.82, 2.24) is 5.32 Å². The number of nitriles is 1. The van der Waals surface area contributed by atoms with Gasteiger partial charge in [0.05, 0.1) is 33.2 Å². The summed E-state index contributed by atoms with van der Waals surface area (Å²) in [5, 5.41) is 27.4. The average molecular weight is 606 g/mol. The molecule has 6 nitrogen and oxygen atoms in total. The van der Waals surface area contributed by atoms with Crippen molar-refractivity contribution in [2.24, 2.45) is 5.92 Å². The third-order valence-corrected chi connectivity index (χ3v) is 8.95. The molecular weight excluding hydrogens is 583 g/mol. The molecule has 3 aromatic rings. The Labute approximate surface area is 241 Å². The van der Waals surface area contributed by atoms with E-state index in [1.54, 1.807) is 18.2 Å². The number of thiophene rings is 1. The molecule has 0 saturated carbocycles. The van der Waals surface area contributed by atoms with E-state index in [0.717, 1.165) is 22.5 Å². The number of amides is 1. The zero-order chi connectivity index (χ0) is 29.2. The molecule has 1 aromatic heterocycles. The predicted molar refractivity (Wildman–Crippen MR) is 150 cm³/mol. The number of ketones is 1. The fraction of sp³-hybridized carbons (Fsp3) is 0.250. The average Bonchev–Trinajstić information content (AvgIpc) is 3.44. The van der Waals surface area contributed by atoms with Crippen molar-refractivity contribution < 1.29 is 27.9 Å². The summed E-state index contributed by atoms with van der Waals surface area (Å²) in [5.74, 6) is -5.67. The lowest BCUT2D eigenvalue weighted by Gasteiger charge is -2.45. The van der Waals surface area contributed by atoms with Crippen LogP contribution in [0.2, 0.25) is 5.02 Å². The Morgan fingerprint density at radius 1 is 1.18 bits per heavy atom. The number of rotatable bonds is 7. The number of halogens is 4. The summed E-state index contributed by atoms with van der Waals surface area (Å²) >= 11 is 7.92. The molecule has 40 heavy (non-hydrogen) atoms. The van der Waals surface area contributed by atoms with Crippen LogP contribution in [0.1, 0.15) is 32.3 Å². The van der Waals surface area contributed by atoms with Gasteiger partial charge in [-0.1, -0.05) is 59.8 Å². The summed E-state index contributed by atoms with van der Waals surface area (Å²) in [6.45, 7) is 3.69. The number of thioether (sulfide) groups is 1. The second-order valence-corrected chi connectivity index (χ2v) is 11.5. The standard InChI is InChI=1S/C28H23ClF3N3O3S2/c1-15-7-5-10-20(16(15)2)34-22(36)14-40-26-18(13-33)23(17-8-3-4-9-19(17)29)24(25(37)21-11-6-12-39-21)27(38,35-26)28(30,31)32/h3-12,23-24,35,38H,14H2,1-2H3,(H,34,36)/t23-,24-,27-/m0/s1. The maximum atomic E-state index is 14.7. The summed E-state index contributed by atoms with van der Waals surface area (Å²) in [5.41, 5.74) is -1.65. The van der Waals surface area contributed by atoms with Crippen LogP contribution >= 0.6 is 34.7 Å². The summed E-state index contributed by atoms with van der Waals surface area (Å²) in [7, 11) is 0. The first-order valence-corrected chi connectivity index (χ1v) is 14.2. The fourth-order valence-corrected chi connectivity index (χ4v) is 6.40. The minimum atomic E-state index is -5.35. The molecule has 0 fully saturated rings. The van der Waals surface area contributed by atoms with E-state index in [9.17, 15) is 33.1 Å². The maximum Gasteiger partial charge on any atom is 0.437 e. The number of aliphatic hydroxyl groups is 1. The van der Waals surface area contributed by atoms with Crippen molar-refractivity contribution >= 4 is 52.1 Å². The number of hydrogen-bond acceptors (Lipinski definition) is 7. The Morgan fingerprint density at radius 2 is 1.90 bits per heavy atom.